The van der Waals surface area contributed by atoms with Gasteiger partial charge in [0.2, 0.25) is 0 Å². The highest BCUT2D eigenvalue weighted by molar-refractivity contribution is 6.09. The first kappa shape index (κ1) is 19.8. The van der Waals surface area contributed by atoms with Gasteiger partial charge in [-0.2, -0.15) is 0 Å². The van der Waals surface area contributed by atoms with Gasteiger partial charge in [-0.05, 0) is 54.8 Å². The third-order valence-corrected chi connectivity index (χ3v) is 5.33. The van der Waals surface area contributed by atoms with Crippen molar-refractivity contribution < 1.29 is 18.7 Å². The normalized spacial score (nSPS) is 11.2. The van der Waals surface area contributed by atoms with Gasteiger partial charge in [-0.1, -0.05) is 30.3 Å². The average molecular weight is 405 g/mol. The lowest BCUT2D eigenvalue weighted by molar-refractivity contribution is 0.0983. The van der Waals surface area contributed by atoms with Gasteiger partial charge in [-0.25, -0.2) is 8.78 Å². The Bertz CT molecular complexity index is 1210. The third-order valence-electron chi connectivity index (χ3n) is 5.33. The lowest BCUT2D eigenvalue weighted by Crippen LogP contribution is -2.06. The fourth-order valence-corrected chi connectivity index (χ4v) is 3.93. The van der Waals surface area contributed by atoms with E-state index in [1.54, 1.807) is 18.2 Å². The first-order valence-electron chi connectivity index (χ1n) is 9.76. The first-order valence-corrected chi connectivity index (χ1v) is 9.76. The molecule has 30 heavy (non-hydrogen) atoms. The molecule has 0 amide bonds. The zero-order valence-electron chi connectivity index (χ0n) is 16.5. The summed E-state index contributed by atoms with van der Waals surface area (Å²) < 4.78 is 28.9. The monoisotopic (exact) mass is 405 g/mol. The molecular weight excluding hydrogens is 384 g/mol. The van der Waals surface area contributed by atoms with Crippen molar-refractivity contribution in [3.63, 3.8) is 0 Å². The van der Waals surface area contributed by atoms with Gasteiger partial charge in [0, 0.05) is 41.2 Å². The Morgan fingerprint density at radius 1 is 0.933 bits per heavy atom. The number of aromatic nitrogens is 1. The number of phenols is 1. The Morgan fingerprint density at radius 3 is 2.33 bits per heavy atom. The number of aromatic hydroxyl groups is 1. The lowest BCUT2D eigenvalue weighted by Gasteiger charge is -2.09. The van der Waals surface area contributed by atoms with Crippen molar-refractivity contribution in [2.75, 3.05) is 0 Å². The zero-order chi connectivity index (χ0) is 21.3. The molecule has 1 heterocycles. The van der Waals surface area contributed by atoms with E-state index in [2.05, 4.69) is 4.57 Å². The molecule has 1 aromatic heterocycles. The van der Waals surface area contributed by atoms with E-state index in [-0.39, 0.29) is 24.4 Å². The molecule has 0 aliphatic carbocycles. The quantitative estimate of drug-likeness (QED) is 0.412. The highest BCUT2D eigenvalue weighted by Gasteiger charge is 2.20. The highest BCUT2D eigenvalue weighted by atomic mass is 19.1. The average Bonchev–Trinajstić information content (AvgIpc) is 2.97. The topological polar surface area (TPSA) is 42.2 Å². The van der Waals surface area contributed by atoms with Gasteiger partial charge >= 0.3 is 0 Å². The molecule has 152 valence electrons. The molecule has 0 fully saturated rings. The molecule has 3 aromatic carbocycles. The van der Waals surface area contributed by atoms with E-state index in [1.807, 2.05) is 37.3 Å². The molecule has 0 spiro atoms. The van der Waals surface area contributed by atoms with Crippen LogP contribution in [0.15, 0.2) is 66.7 Å². The maximum absolute atomic E-state index is 13.4. The summed E-state index contributed by atoms with van der Waals surface area (Å²) in [5.74, 6) is -1.35. The Hall–Kier alpha value is -3.47. The number of hydrogen-bond donors (Lipinski definition) is 1. The minimum atomic E-state index is -0.655. The van der Waals surface area contributed by atoms with E-state index < -0.39 is 11.6 Å². The van der Waals surface area contributed by atoms with Gasteiger partial charge in [0.05, 0.1) is 0 Å². The number of fused-ring (bicyclic) bond motifs is 1. The van der Waals surface area contributed by atoms with Crippen LogP contribution >= 0.6 is 0 Å². The van der Waals surface area contributed by atoms with Gasteiger partial charge in [0.25, 0.3) is 0 Å². The summed E-state index contributed by atoms with van der Waals surface area (Å²) in [5.41, 5.74) is 3.73. The second kappa shape index (κ2) is 8.11. The molecule has 0 radical (unpaired) electrons. The van der Waals surface area contributed by atoms with E-state index >= 15 is 0 Å². The fourth-order valence-electron chi connectivity index (χ4n) is 3.93. The number of Topliss-reactive ketones (excluding diaryl/α,β-unsaturated/α-hetero) is 1. The standard InChI is InChI=1S/C25H21F2NO2/c1-16-25(24(30)10-7-18-11-19(26)13-20(27)12-18)22-14-21(29)8-9-23(22)28(16)15-17-5-3-2-4-6-17/h2-6,8-9,11-14,29H,7,10,15H2,1H3. The van der Waals surface area contributed by atoms with Crippen LogP contribution in [0.5, 0.6) is 5.75 Å². The Balaban J connectivity index is 1.69. The van der Waals surface area contributed by atoms with Crippen LogP contribution in [0.25, 0.3) is 10.9 Å². The number of carbonyl (C=O) groups excluding carboxylic acids is 1. The lowest BCUT2D eigenvalue weighted by atomic mass is 10.00. The predicted molar refractivity (Wildman–Crippen MR) is 113 cm³/mol. The molecule has 4 rings (SSSR count). The van der Waals surface area contributed by atoms with Crippen LogP contribution < -0.4 is 0 Å². The van der Waals surface area contributed by atoms with E-state index in [1.165, 1.54) is 12.1 Å². The SMILES string of the molecule is Cc1c(C(=O)CCc2cc(F)cc(F)c2)c2cc(O)ccc2n1Cc1ccccc1. The maximum Gasteiger partial charge on any atom is 0.165 e. The molecule has 0 bridgehead atoms. The summed E-state index contributed by atoms with van der Waals surface area (Å²) in [5, 5.41) is 10.7. The summed E-state index contributed by atoms with van der Waals surface area (Å²) in [7, 11) is 0. The van der Waals surface area contributed by atoms with Crippen molar-refractivity contribution in [1.29, 1.82) is 0 Å². The van der Waals surface area contributed by atoms with Crippen LogP contribution in [0.2, 0.25) is 0 Å². The van der Waals surface area contributed by atoms with Crippen molar-refractivity contribution in [1.82, 2.24) is 4.57 Å². The minimum absolute atomic E-state index is 0.0839. The zero-order valence-corrected chi connectivity index (χ0v) is 16.5. The molecule has 5 heteroatoms. The Morgan fingerprint density at radius 2 is 1.63 bits per heavy atom. The fraction of sp³-hybridized carbons (Fsp3) is 0.160. The summed E-state index contributed by atoms with van der Waals surface area (Å²) >= 11 is 0. The van der Waals surface area contributed by atoms with Gasteiger partial charge in [0.1, 0.15) is 17.4 Å². The molecule has 4 aromatic rings. The molecule has 0 saturated carbocycles. The summed E-state index contributed by atoms with van der Waals surface area (Å²) in [4.78, 5) is 13.1. The van der Waals surface area contributed by atoms with Gasteiger partial charge in [0.15, 0.2) is 5.78 Å². The summed E-state index contributed by atoms with van der Waals surface area (Å²) in [6, 6.07) is 18.2. The predicted octanol–water partition coefficient (Wildman–Crippen LogP) is 5.80. The first-order chi connectivity index (χ1) is 14.4. The third kappa shape index (κ3) is 3.96. The highest BCUT2D eigenvalue weighted by Crippen LogP contribution is 2.31. The van der Waals surface area contributed by atoms with Gasteiger partial charge in [-0.3, -0.25) is 4.79 Å². The Labute approximate surface area is 173 Å². The van der Waals surface area contributed by atoms with Gasteiger partial charge in [-0.15, -0.1) is 0 Å². The number of aryl methyl sites for hydroxylation is 1. The number of nitrogens with zero attached hydrogens (tertiary/aromatic N) is 1. The second-order valence-electron chi connectivity index (χ2n) is 7.43. The summed E-state index contributed by atoms with van der Waals surface area (Å²) in [6.07, 6.45) is 0.348. The van der Waals surface area contributed by atoms with E-state index in [9.17, 15) is 18.7 Å². The number of carbonyl (C=O) groups is 1. The second-order valence-corrected chi connectivity index (χ2v) is 7.43. The molecule has 0 saturated heterocycles. The van der Waals surface area contributed by atoms with Crippen molar-refractivity contribution in [2.45, 2.75) is 26.3 Å². The van der Waals surface area contributed by atoms with Crippen molar-refractivity contribution in [3.8, 4) is 5.75 Å². The molecule has 0 unspecified atom stereocenters. The smallest absolute Gasteiger partial charge is 0.165 e. The number of hydrogen-bond acceptors (Lipinski definition) is 2. The van der Waals surface area contributed by atoms with Crippen LogP contribution in [0.1, 0.15) is 33.6 Å². The van der Waals surface area contributed by atoms with Crippen LogP contribution in [0.4, 0.5) is 8.78 Å². The Kier molecular flexibility index (Phi) is 5.36. The van der Waals surface area contributed by atoms with E-state index in [0.29, 0.717) is 23.1 Å². The molecular formula is C25H21F2NO2. The largest absolute Gasteiger partial charge is 0.508 e. The van der Waals surface area contributed by atoms with E-state index in [4.69, 9.17) is 0 Å². The van der Waals surface area contributed by atoms with E-state index in [0.717, 1.165) is 22.8 Å². The number of ketones is 1. The number of benzene rings is 3. The summed E-state index contributed by atoms with van der Waals surface area (Å²) in [6.45, 7) is 2.48. The number of phenolic OH excluding ortho intramolecular Hbond substituents is 1. The molecule has 0 atom stereocenters. The molecule has 0 aliphatic heterocycles. The van der Waals surface area contributed by atoms with Crippen molar-refractivity contribution >= 4 is 16.7 Å². The molecule has 3 nitrogen and oxygen atoms in total. The number of halogens is 2. The van der Waals surface area contributed by atoms with Crippen LogP contribution in [-0.2, 0) is 13.0 Å². The number of rotatable bonds is 6. The van der Waals surface area contributed by atoms with Crippen molar-refractivity contribution in [3.05, 3.63) is 101 Å². The molecule has 0 aliphatic rings. The van der Waals surface area contributed by atoms with Gasteiger partial charge < -0.3 is 9.67 Å². The van der Waals surface area contributed by atoms with Crippen LogP contribution in [-0.4, -0.2) is 15.5 Å². The van der Waals surface area contributed by atoms with Crippen molar-refractivity contribution in [2.24, 2.45) is 0 Å². The van der Waals surface area contributed by atoms with Crippen LogP contribution in [0.3, 0.4) is 0 Å². The molecule has 1 N–H and O–H groups in total. The minimum Gasteiger partial charge on any atom is -0.508 e. The van der Waals surface area contributed by atoms with Crippen LogP contribution in [0, 0.1) is 18.6 Å². The maximum atomic E-state index is 13.4.